The summed E-state index contributed by atoms with van der Waals surface area (Å²) in [4.78, 5) is 4.77. The van der Waals surface area contributed by atoms with Gasteiger partial charge in [-0.1, -0.05) is 26.7 Å². The topological polar surface area (TPSA) is 41.6 Å². The zero-order chi connectivity index (χ0) is 13.8. The molecule has 2 rings (SSSR count). The van der Waals surface area contributed by atoms with Gasteiger partial charge in [0.05, 0.1) is 22.7 Å². The van der Waals surface area contributed by atoms with Crippen molar-refractivity contribution in [1.82, 2.24) is 9.55 Å². The fourth-order valence-electron chi connectivity index (χ4n) is 2.61. The molecule has 0 N–H and O–H groups in total. The van der Waals surface area contributed by atoms with Crippen LogP contribution in [0.15, 0.2) is 18.2 Å². The van der Waals surface area contributed by atoms with E-state index in [9.17, 15) is 0 Å². The van der Waals surface area contributed by atoms with Crippen LogP contribution in [0.5, 0.6) is 0 Å². The molecule has 0 aliphatic heterocycles. The summed E-state index contributed by atoms with van der Waals surface area (Å²) in [6.45, 7) is 4.45. The minimum atomic E-state index is 0.517. The van der Waals surface area contributed by atoms with Crippen LogP contribution in [0.1, 0.15) is 56.8 Å². The first kappa shape index (κ1) is 13.6. The third-order valence-corrected chi connectivity index (χ3v) is 3.81. The summed E-state index contributed by atoms with van der Waals surface area (Å²) < 4.78 is 2.15. The molecule has 19 heavy (non-hydrogen) atoms. The van der Waals surface area contributed by atoms with Crippen molar-refractivity contribution in [3.63, 3.8) is 0 Å². The molecule has 0 fully saturated rings. The number of benzene rings is 1. The molecule has 1 heterocycles. The van der Waals surface area contributed by atoms with E-state index in [0.717, 1.165) is 23.3 Å². The quantitative estimate of drug-likeness (QED) is 0.806. The van der Waals surface area contributed by atoms with E-state index in [-0.39, 0.29) is 0 Å². The zero-order valence-corrected chi connectivity index (χ0v) is 12.0. The molecule has 0 saturated carbocycles. The molecule has 100 valence electrons. The van der Waals surface area contributed by atoms with E-state index in [1.54, 1.807) is 0 Å². The molecule has 3 heteroatoms. The summed E-state index contributed by atoms with van der Waals surface area (Å²) in [5, 5.41) is 8.99. The Labute approximate surface area is 114 Å². The standard InChI is InChI=1S/C16H21N3/c1-4-6-7-13(5-2)16-18-14-9-8-12(11-17)10-15(14)19(16)3/h8-10,13H,4-7H2,1-3H3. The summed E-state index contributed by atoms with van der Waals surface area (Å²) >= 11 is 0. The van der Waals surface area contributed by atoms with E-state index < -0.39 is 0 Å². The minimum absolute atomic E-state index is 0.517. The van der Waals surface area contributed by atoms with Crippen LogP contribution < -0.4 is 0 Å². The first-order chi connectivity index (χ1) is 9.21. The van der Waals surface area contributed by atoms with Gasteiger partial charge in [0, 0.05) is 13.0 Å². The van der Waals surface area contributed by atoms with Gasteiger partial charge in [-0.25, -0.2) is 4.98 Å². The Morgan fingerprint density at radius 1 is 1.37 bits per heavy atom. The number of hydrogen-bond donors (Lipinski definition) is 0. The van der Waals surface area contributed by atoms with Crippen molar-refractivity contribution in [2.45, 2.75) is 45.4 Å². The number of imidazole rings is 1. The lowest BCUT2D eigenvalue weighted by Gasteiger charge is -2.14. The van der Waals surface area contributed by atoms with Gasteiger partial charge in [-0.05, 0) is 31.0 Å². The highest BCUT2D eigenvalue weighted by Crippen LogP contribution is 2.27. The molecule has 0 spiro atoms. The number of nitriles is 1. The van der Waals surface area contributed by atoms with Crippen LogP contribution in [0.3, 0.4) is 0 Å². The largest absolute Gasteiger partial charge is 0.331 e. The van der Waals surface area contributed by atoms with Gasteiger partial charge in [0.25, 0.3) is 0 Å². The molecule has 0 radical (unpaired) electrons. The van der Waals surface area contributed by atoms with Crippen LogP contribution in [0.2, 0.25) is 0 Å². The Morgan fingerprint density at radius 2 is 2.16 bits per heavy atom. The van der Waals surface area contributed by atoms with Gasteiger partial charge in [-0.15, -0.1) is 0 Å². The number of unbranched alkanes of at least 4 members (excludes halogenated alkanes) is 1. The van der Waals surface area contributed by atoms with Crippen molar-refractivity contribution in [3.05, 3.63) is 29.6 Å². The van der Waals surface area contributed by atoms with E-state index in [0.29, 0.717) is 11.5 Å². The summed E-state index contributed by atoms with van der Waals surface area (Å²) in [6.07, 6.45) is 4.77. The number of fused-ring (bicyclic) bond motifs is 1. The number of hydrogen-bond acceptors (Lipinski definition) is 2. The Hall–Kier alpha value is -1.82. The van der Waals surface area contributed by atoms with E-state index >= 15 is 0 Å². The fraction of sp³-hybridized carbons (Fsp3) is 0.500. The number of aromatic nitrogens is 2. The molecule has 0 bridgehead atoms. The molecule has 3 nitrogen and oxygen atoms in total. The second-order valence-electron chi connectivity index (χ2n) is 5.09. The zero-order valence-electron chi connectivity index (χ0n) is 12.0. The predicted molar refractivity (Wildman–Crippen MR) is 78.0 cm³/mol. The molecular formula is C16H21N3. The highest BCUT2D eigenvalue weighted by atomic mass is 15.1. The minimum Gasteiger partial charge on any atom is -0.331 e. The number of nitrogens with zero attached hydrogens (tertiary/aromatic N) is 3. The van der Waals surface area contributed by atoms with Gasteiger partial charge < -0.3 is 4.57 Å². The average Bonchev–Trinajstić information content (AvgIpc) is 2.77. The molecular weight excluding hydrogens is 234 g/mol. The summed E-state index contributed by atoms with van der Waals surface area (Å²) in [5.41, 5.74) is 2.75. The van der Waals surface area contributed by atoms with Gasteiger partial charge in [-0.2, -0.15) is 5.26 Å². The third-order valence-electron chi connectivity index (χ3n) is 3.81. The lowest BCUT2D eigenvalue weighted by molar-refractivity contribution is 0.531. The second-order valence-corrected chi connectivity index (χ2v) is 5.09. The van der Waals surface area contributed by atoms with Crippen LogP contribution >= 0.6 is 0 Å². The highest BCUT2D eigenvalue weighted by molar-refractivity contribution is 5.77. The normalized spacial score (nSPS) is 12.5. The Kier molecular flexibility index (Phi) is 4.21. The molecule has 1 aromatic carbocycles. The molecule has 0 amide bonds. The maximum absolute atomic E-state index is 8.99. The van der Waals surface area contributed by atoms with Gasteiger partial charge >= 0.3 is 0 Å². The molecule has 0 aliphatic carbocycles. The average molecular weight is 255 g/mol. The number of aryl methyl sites for hydroxylation is 1. The Morgan fingerprint density at radius 3 is 2.79 bits per heavy atom. The van der Waals surface area contributed by atoms with Crippen LogP contribution in [0.4, 0.5) is 0 Å². The molecule has 1 aromatic heterocycles. The second kappa shape index (κ2) is 5.88. The maximum atomic E-state index is 8.99. The Balaban J connectivity index is 2.43. The van der Waals surface area contributed by atoms with Crippen molar-refractivity contribution in [2.24, 2.45) is 7.05 Å². The summed E-state index contributed by atoms with van der Waals surface area (Å²) in [5.74, 6) is 1.67. The van der Waals surface area contributed by atoms with E-state index in [4.69, 9.17) is 10.2 Å². The van der Waals surface area contributed by atoms with Crippen molar-refractivity contribution >= 4 is 11.0 Å². The van der Waals surface area contributed by atoms with Gasteiger partial charge in [-0.3, -0.25) is 0 Å². The van der Waals surface area contributed by atoms with Crippen molar-refractivity contribution in [1.29, 1.82) is 5.26 Å². The molecule has 1 unspecified atom stereocenters. The monoisotopic (exact) mass is 255 g/mol. The van der Waals surface area contributed by atoms with E-state index in [1.807, 2.05) is 18.2 Å². The summed E-state index contributed by atoms with van der Waals surface area (Å²) in [6, 6.07) is 7.91. The van der Waals surface area contributed by atoms with Crippen LogP contribution in [-0.4, -0.2) is 9.55 Å². The summed E-state index contributed by atoms with van der Waals surface area (Å²) in [7, 11) is 2.06. The van der Waals surface area contributed by atoms with Crippen molar-refractivity contribution < 1.29 is 0 Å². The molecule has 0 saturated heterocycles. The lowest BCUT2D eigenvalue weighted by Crippen LogP contribution is -2.05. The highest BCUT2D eigenvalue weighted by Gasteiger charge is 2.16. The SMILES string of the molecule is CCCCC(CC)c1nc2ccc(C#N)cc2n1C. The predicted octanol–water partition coefficient (Wildman–Crippen LogP) is 4.13. The molecule has 0 aliphatic rings. The van der Waals surface area contributed by atoms with Gasteiger partial charge in [0.1, 0.15) is 5.82 Å². The maximum Gasteiger partial charge on any atom is 0.112 e. The lowest BCUT2D eigenvalue weighted by atomic mass is 9.98. The fourth-order valence-corrected chi connectivity index (χ4v) is 2.61. The van der Waals surface area contributed by atoms with Crippen LogP contribution in [0, 0.1) is 11.3 Å². The van der Waals surface area contributed by atoms with Crippen molar-refractivity contribution in [3.8, 4) is 6.07 Å². The van der Waals surface area contributed by atoms with Crippen LogP contribution in [-0.2, 0) is 7.05 Å². The Bertz CT molecular complexity index is 604. The smallest absolute Gasteiger partial charge is 0.112 e. The third kappa shape index (κ3) is 2.63. The van der Waals surface area contributed by atoms with E-state index in [1.165, 1.54) is 19.3 Å². The van der Waals surface area contributed by atoms with E-state index in [2.05, 4.69) is 31.5 Å². The molecule has 2 aromatic rings. The van der Waals surface area contributed by atoms with Crippen LogP contribution in [0.25, 0.3) is 11.0 Å². The number of rotatable bonds is 5. The molecule has 1 atom stereocenters. The first-order valence-corrected chi connectivity index (χ1v) is 7.07. The first-order valence-electron chi connectivity index (χ1n) is 7.07. The van der Waals surface area contributed by atoms with Crippen molar-refractivity contribution in [2.75, 3.05) is 0 Å². The van der Waals surface area contributed by atoms with Gasteiger partial charge in [0.2, 0.25) is 0 Å². The van der Waals surface area contributed by atoms with Gasteiger partial charge in [0.15, 0.2) is 0 Å².